The van der Waals surface area contributed by atoms with Crippen LogP contribution in [0.5, 0.6) is 0 Å². The van der Waals surface area contributed by atoms with Gasteiger partial charge in [0.15, 0.2) is 5.78 Å². The van der Waals surface area contributed by atoms with E-state index in [1.54, 1.807) is 0 Å². The van der Waals surface area contributed by atoms with Gasteiger partial charge in [-0.25, -0.2) is 0 Å². The van der Waals surface area contributed by atoms with Crippen LogP contribution in [-0.4, -0.2) is 55.6 Å². The number of hydrogen-bond acceptors (Lipinski definition) is 5. The molecule has 5 heteroatoms. The summed E-state index contributed by atoms with van der Waals surface area (Å²) >= 11 is 0. The standard InChI is InChI=1S/C26H39NO4/c1-25-10-7-19(28)17-18(25)3-4-20-21-5-6-23(26(21,2)11-8-22(20)25)31-24(29)9-12-27-13-15-30-16-14-27/h17,20-23H,3-16H2,1-2H3/t20-,21+,22+,23+,25+,26+/m1/s1. The fraction of sp³-hybridized carbons (Fsp3) is 0.846. The maximum Gasteiger partial charge on any atom is 0.307 e. The Hall–Kier alpha value is -1.20. The van der Waals surface area contributed by atoms with Crippen LogP contribution in [0.25, 0.3) is 0 Å². The third kappa shape index (κ3) is 3.80. The van der Waals surface area contributed by atoms with Crippen LogP contribution < -0.4 is 0 Å². The highest BCUT2D eigenvalue weighted by atomic mass is 16.5. The lowest BCUT2D eigenvalue weighted by Gasteiger charge is -2.57. The normalized spacial score (nSPS) is 42.9. The predicted molar refractivity (Wildman–Crippen MR) is 118 cm³/mol. The molecule has 0 aromatic carbocycles. The van der Waals surface area contributed by atoms with Gasteiger partial charge in [-0.15, -0.1) is 0 Å². The molecule has 0 radical (unpaired) electrons. The van der Waals surface area contributed by atoms with Gasteiger partial charge in [-0.3, -0.25) is 14.5 Å². The molecule has 0 aromatic rings. The summed E-state index contributed by atoms with van der Waals surface area (Å²) in [4.78, 5) is 27.0. The van der Waals surface area contributed by atoms with Crippen LogP contribution in [0.15, 0.2) is 11.6 Å². The molecule has 4 aliphatic carbocycles. The van der Waals surface area contributed by atoms with Crippen molar-refractivity contribution in [3.05, 3.63) is 11.6 Å². The van der Waals surface area contributed by atoms with Gasteiger partial charge in [0.25, 0.3) is 0 Å². The van der Waals surface area contributed by atoms with Crippen molar-refractivity contribution in [2.24, 2.45) is 28.6 Å². The molecule has 4 fully saturated rings. The van der Waals surface area contributed by atoms with Crippen molar-refractivity contribution in [3.63, 3.8) is 0 Å². The highest BCUT2D eigenvalue weighted by Crippen LogP contribution is 2.65. The number of morpholine rings is 1. The Kier molecular flexibility index (Phi) is 5.79. The molecule has 0 bridgehead atoms. The van der Waals surface area contributed by atoms with E-state index in [4.69, 9.17) is 9.47 Å². The Labute approximate surface area is 186 Å². The van der Waals surface area contributed by atoms with Gasteiger partial charge in [0, 0.05) is 31.5 Å². The molecule has 5 aliphatic rings. The Morgan fingerprint density at radius 3 is 2.71 bits per heavy atom. The number of nitrogens with zero attached hydrogens (tertiary/aromatic N) is 1. The monoisotopic (exact) mass is 429 g/mol. The van der Waals surface area contributed by atoms with Crippen molar-refractivity contribution in [2.75, 3.05) is 32.8 Å². The van der Waals surface area contributed by atoms with E-state index in [0.717, 1.165) is 58.5 Å². The number of allylic oxidation sites excluding steroid dienone is 1. The van der Waals surface area contributed by atoms with Crippen LogP contribution in [-0.2, 0) is 19.1 Å². The van der Waals surface area contributed by atoms with E-state index >= 15 is 0 Å². The van der Waals surface area contributed by atoms with Gasteiger partial charge < -0.3 is 9.47 Å². The molecule has 31 heavy (non-hydrogen) atoms. The van der Waals surface area contributed by atoms with Gasteiger partial charge in [0.1, 0.15) is 6.10 Å². The number of rotatable bonds is 4. The summed E-state index contributed by atoms with van der Waals surface area (Å²) in [6, 6.07) is 0. The molecule has 6 atom stereocenters. The van der Waals surface area contributed by atoms with Gasteiger partial charge >= 0.3 is 5.97 Å². The smallest absolute Gasteiger partial charge is 0.307 e. The number of fused-ring (bicyclic) bond motifs is 5. The minimum atomic E-state index is -0.0212. The van der Waals surface area contributed by atoms with Crippen LogP contribution in [0.1, 0.15) is 71.6 Å². The summed E-state index contributed by atoms with van der Waals surface area (Å²) in [6.07, 6.45) is 11.2. The molecule has 0 spiro atoms. The number of carbonyl (C=O) groups is 2. The maximum absolute atomic E-state index is 12.7. The fourth-order valence-corrected chi connectivity index (χ4v) is 8.00. The summed E-state index contributed by atoms with van der Waals surface area (Å²) in [5.74, 6) is 2.36. The van der Waals surface area contributed by atoms with E-state index in [-0.39, 0.29) is 22.9 Å². The molecule has 0 aromatic heterocycles. The van der Waals surface area contributed by atoms with Gasteiger partial charge in [-0.2, -0.15) is 0 Å². The second-order valence-electron chi connectivity index (χ2n) is 11.3. The largest absolute Gasteiger partial charge is 0.462 e. The zero-order valence-electron chi connectivity index (χ0n) is 19.4. The van der Waals surface area contributed by atoms with Crippen molar-refractivity contribution in [1.29, 1.82) is 0 Å². The Morgan fingerprint density at radius 2 is 1.90 bits per heavy atom. The summed E-state index contributed by atoms with van der Waals surface area (Å²) in [5, 5.41) is 0. The number of ketones is 1. The first-order valence-corrected chi connectivity index (χ1v) is 12.6. The lowest BCUT2D eigenvalue weighted by Crippen LogP contribution is -2.51. The van der Waals surface area contributed by atoms with Crippen LogP contribution >= 0.6 is 0 Å². The molecule has 172 valence electrons. The zero-order chi connectivity index (χ0) is 21.6. The van der Waals surface area contributed by atoms with E-state index in [9.17, 15) is 9.59 Å². The Bertz CT molecular complexity index is 757. The van der Waals surface area contributed by atoms with Crippen molar-refractivity contribution in [3.8, 4) is 0 Å². The van der Waals surface area contributed by atoms with E-state index in [0.29, 0.717) is 36.4 Å². The molecule has 1 heterocycles. The van der Waals surface area contributed by atoms with Crippen molar-refractivity contribution >= 4 is 11.8 Å². The van der Waals surface area contributed by atoms with Gasteiger partial charge in [-0.1, -0.05) is 19.4 Å². The van der Waals surface area contributed by atoms with E-state index in [1.807, 2.05) is 6.08 Å². The first-order chi connectivity index (χ1) is 14.9. The summed E-state index contributed by atoms with van der Waals surface area (Å²) in [5.41, 5.74) is 1.76. The third-order valence-electron chi connectivity index (χ3n) is 9.88. The van der Waals surface area contributed by atoms with Crippen molar-refractivity contribution in [2.45, 2.75) is 77.7 Å². The number of esters is 1. The summed E-state index contributed by atoms with van der Waals surface area (Å²) in [6.45, 7) is 8.99. The quantitative estimate of drug-likeness (QED) is 0.629. The minimum Gasteiger partial charge on any atom is -0.462 e. The second-order valence-corrected chi connectivity index (χ2v) is 11.3. The lowest BCUT2D eigenvalue weighted by molar-refractivity contribution is -0.160. The predicted octanol–water partition coefficient (Wildman–Crippen LogP) is 4.15. The lowest BCUT2D eigenvalue weighted by atomic mass is 9.47. The molecule has 0 unspecified atom stereocenters. The molecule has 1 saturated heterocycles. The van der Waals surface area contributed by atoms with E-state index < -0.39 is 0 Å². The SMILES string of the molecule is C[C@]12CC[C@H]3[C@H](CCC4=CC(=O)CC[C@@]43C)[C@@H]1CC[C@@H]2OC(=O)CCN1CCOCC1. The van der Waals surface area contributed by atoms with Crippen LogP contribution in [0.2, 0.25) is 0 Å². The van der Waals surface area contributed by atoms with Gasteiger partial charge in [0.2, 0.25) is 0 Å². The third-order valence-corrected chi connectivity index (χ3v) is 9.88. The minimum absolute atomic E-state index is 0.0212. The Morgan fingerprint density at radius 1 is 1.10 bits per heavy atom. The molecule has 5 rings (SSSR count). The molecular formula is C26H39NO4. The average Bonchev–Trinajstić information content (AvgIpc) is 3.10. The number of ether oxygens (including phenoxy) is 2. The first kappa shape index (κ1) is 21.6. The fourth-order valence-electron chi connectivity index (χ4n) is 8.00. The van der Waals surface area contributed by atoms with Crippen LogP contribution in [0.4, 0.5) is 0 Å². The van der Waals surface area contributed by atoms with Crippen molar-refractivity contribution < 1.29 is 19.1 Å². The highest BCUT2D eigenvalue weighted by molar-refractivity contribution is 5.91. The molecule has 3 saturated carbocycles. The van der Waals surface area contributed by atoms with Crippen LogP contribution in [0.3, 0.4) is 0 Å². The Balaban J connectivity index is 1.23. The van der Waals surface area contributed by atoms with E-state index in [2.05, 4.69) is 18.7 Å². The van der Waals surface area contributed by atoms with Crippen LogP contribution in [0, 0.1) is 28.6 Å². The van der Waals surface area contributed by atoms with E-state index in [1.165, 1.54) is 24.8 Å². The van der Waals surface area contributed by atoms with Gasteiger partial charge in [-0.05, 0) is 74.2 Å². The molecule has 5 nitrogen and oxygen atoms in total. The first-order valence-electron chi connectivity index (χ1n) is 12.6. The molecule has 0 N–H and O–H groups in total. The molecule has 1 aliphatic heterocycles. The second kappa shape index (κ2) is 8.30. The molecule has 0 amide bonds. The summed E-state index contributed by atoms with van der Waals surface area (Å²) < 4.78 is 11.5. The number of hydrogen-bond donors (Lipinski definition) is 0. The average molecular weight is 430 g/mol. The summed E-state index contributed by atoms with van der Waals surface area (Å²) in [7, 11) is 0. The topological polar surface area (TPSA) is 55.8 Å². The van der Waals surface area contributed by atoms with Crippen molar-refractivity contribution in [1.82, 2.24) is 4.90 Å². The highest BCUT2D eigenvalue weighted by Gasteiger charge is 2.59. The maximum atomic E-state index is 12.7. The number of carbonyl (C=O) groups excluding carboxylic acids is 2. The van der Waals surface area contributed by atoms with Gasteiger partial charge in [0.05, 0.1) is 19.6 Å². The zero-order valence-corrected chi connectivity index (χ0v) is 19.4. The molecular weight excluding hydrogens is 390 g/mol.